The van der Waals surface area contributed by atoms with Crippen molar-refractivity contribution >= 4 is 28.4 Å². The van der Waals surface area contributed by atoms with Crippen LogP contribution in [0, 0.1) is 0 Å². The third-order valence-corrected chi connectivity index (χ3v) is 4.04. The number of hydrogen-bond acceptors (Lipinski definition) is 3. The van der Waals surface area contributed by atoms with Gasteiger partial charge < -0.3 is 14.6 Å². The van der Waals surface area contributed by atoms with Crippen LogP contribution in [0.3, 0.4) is 0 Å². The Labute approximate surface area is 145 Å². The molecule has 0 spiro atoms. The van der Waals surface area contributed by atoms with Crippen molar-refractivity contribution in [2.24, 2.45) is 0 Å². The highest BCUT2D eigenvalue weighted by atomic mass is 16.5. The molecule has 0 atom stereocenters. The molecular formula is C21H18O4. The van der Waals surface area contributed by atoms with Crippen molar-refractivity contribution in [3.05, 3.63) is 71.8 Å². The first-order valence-electron chi connectivity index (χ1n) is 7.80. The summed E-state index contributed by atoms with van der Waals surface area (Å²) in [6.45, 7) is 0. The summed E-state index contributed by atoms with van der Waals surface area (Å²) in [5.41, 5.74) is 1.51. The van der Waals surface area contributed by atoms with Crippen LogP contribution in [-0.4, -0.2) is 25.3 Å². The molecule has 4 heteroatoms. The van der Waals surface area contributed by atoms with Crippen LogP contribution in [-0.2, 0) is 4.79 Å². The van der Waals surface area contributed by atoms with Crippen molar-refractivity contribution in [1.82, 2.24) is 0 Å². The molecule has 0 aliphatic heterocycles. The molecular weight excluding hydrogens is 316 g/mol. The molecule has 0 fully saturated rings. The number of aliphatic carboxylic acids is 1. The van der Waals surface area contributed by atoms with Crippen LogP contribution < -0.4 is 9.47 Å². The number of hydrogen-bond donors (Lipinski definition) is 1. The second-order valence-corrected chi connectivity index (χ2v) is 5.47. The van der Waals surface area contributed by atoms with Gasteiger partial charge in [0.1, 0.15) is 0 Å². The maximum absolute atomic E-state index is 12.0. The quantitative estimate of drug-likeness (QED) is 0.552. The largest absolute Gasteiger partial charge is 0.493 e. The Morgan fingerprint density at radius 2 is 1.64 bits per heavy atom. The number of para-hydroxylation sites is 1. The van der Waals surface area contributed by atoms with E-state index in [-0.39, 0.29) is 5.57 Å². The van der Waals surface area contributed by atoms with Crippen LogP contribution in [0.1, 0.15) is 11.1 Å². The van der Waals surface area contributed by atoms with E-state index in [0.29, 0.717) is 22.6 Å². The minimum atomic E-state index is -0.999. The Kier molecular flexibility index (Phi) is 4.70. The van der Waals surface area contributed by atoms with Gasteiger partial charge in [0.15, 0.2) is 11.5 Å². The van der Waals surface area contributed by atoms with Crippen molar-refractivity contribution in [3.63, 3.8) is 0 Å². The number of carboxylic acids is 1. The van der Waals surface area contributed by atoms with E-state index in [1.54, 1.807) is 31.4 Å². The summed E-state index contributed by atoms with van der Waals surface area (Å²) < 4.78 is 10.7. The van der Waals surface area contributed by atoms with Crippen LogP contribution in [0.5, 0.6) is 11.5 Å². The van der Waals surface area contributed by atoms with Crippen molar-refractivity contribution in [2.75, 3.05) is 14.2 Å². The number of benzene rings is 3. The molecule has 0 bridgehead atoms. The van der Waals surface area contributed by atoms with Crippen LogP contribution in [0.15, 0.2) is 60.7 Å². The average molecular weight is 334 g/mol. The van der Waals surface area contributed by atoms with Crippen LogP contribution >= 0.6 is 0 Å². The van der Waals surface area contributed by atoms with Gasteiger partial charge in [-0.15, -0.1) is 0 Å². The van der Waals surface area contributed by atoms with Gasteiger partial charge in [-0.05, 0) is 28.5 Å². The zero-order valence-corrected chi connectivity index (χ0v) is 14.0. The zero-order valence-electron chi connectivity index (χ0n) is 14.0. The van der Waals surface area contributed by atoms with E-state index in [9.17, 15) is 9.90 Å². The van der Waals surface area contributed by atoms with Crippen molar-refractivity contribution < 1.29 is 19.4 Å². The fourth-order valence-corrected chi connectivity index (χ4v) is 2.90. The zero-order chi connectivity index (χ0) is 17.8. The van der Waals surface area contributed by atoms with Crippen LogP contribution in [0.25, 0.3) is 22.4 Å². The summed E-state index contributed by atoms with van der Waals surface area (Å²) in [6, 6.07) is 18.7. The molecule has 126 valence electrons. The van der Waals surface area contributed by atoms with Gasteiger partial charge in [0.05, 0.1) is 19.8 Å². The summed E-state index contributed by atoms with van der Waals surface area (Å²) in [7, 11) is 3.09. The molecule has 0 saturated carbocycles. The second-order valence-electron chi connectivity index (χ2n) is 5.47. The van der Waals surface area contributed by atoms with Gasteiger partial charge in [-0.25, -0.2) is 4.79 Å². The Bertz CT molecular complexity index is 952. The molecule has 0 unspecified atom stereocenters. The molecule has 0 amide bonds. The SMILES string of the molecule is COc1cccc(/C=C(/C(=O)O)c2cccc3ccccc23)c1OC. The first-order valence-corrected chi connectivity index (χ1v) is 7.80. The average Bonchev–Trinajstić information content (AvgIpc) is 2.65. The van der Waals surface area contributed by atoms with Gasteiger partial charge in [0, 0.05) is 5.56 Å². The molecule has 0 heterocycles. The normalized spacial score (nSPS) is 11.4. The minimum absolute atomic E-state index is 0.198. The van der Waals surface area contributed by atoms with Crippen molar-refractivity contribution in [2.45, 2.75) is 0 Å². The Hall–Kier alpha value is -3.27. The predicted molar refractivity (Wildman–Crippen MR) is 99.0 cm³/mol. The number of ether oxygens (including phenoxy) is 2. The van der Waals surface area contributed by atoms with E-state index in [1.807, 2.05) is 42.5 Å². The Balaban J connectivity index is 2.24. The summed E-state index contributed by atoms with van der Waals surface area (Å²) in [5.74, 6) is 0.0594. The van der Waals surface area contributed by atoms with E-state index in [0.717, 1.165) is 10.8 Å². The standard InChI is InChI=1S/C21H18O4/c1-24-19-12-6-9-15(20(19)25-2)13-18(21(22)23)17-11-5-8-14-7-3-4-10-16(14)17/h3-13H,1-2H3,(H,22,23)/b18-13+. The van der Waals surface area contributed by atoms with Gasteiger partial charge in [0.2, 0.25) is 0 Å². The highest BCUT2D eigenvalue weighted by molar-refractivity contribution is 6.24. The van der Waals surface area contributed by atoms with E-state index in [1.165, 1.54) is 7.11 Å². The summed E-state index contributed by atoms with van der Waals surface area (Å²) in [6.07, 6.45) is 1.62. The maximum atomic E-state index is 12.0. The smallest absolute Gasteiger partial charge is 0.336 e. The maximum Gasteiger partial charge on any atom is 0.336 e. The molecule has 4 nitrogen and oxygen atoms in total. The first kappa shape index (κ1) is 16.6. The van der Waals surface area contributed by atoms with Crippen molar-refractivity contribution in [1.29, 1.82) is 0 Å². The molecule has 3 rings (SSSR count). The lowest BCUT2D eigenvalue weighted by Crippen LogP contribution is -2.01. The third kappa shape index (κ3) is 3.19. The fourth-order valence-electron chi connectivity index (χ4n) is 2.90. The van der Waals surface area contributed by atoms with Gasteiger partial charge in [0.25, 0.3) is 0 Å². The monoisotopic (exact) mass is 334 g/mol. The van der Waals surface area contributed by atoms with Gasteiger partial charge >= 0.3 is 5.97 Å². The number of carbonyl (C=O) groups is 1. The topological polar surface area (TPSA) is 55.8 Å². The van der Waals surface area contributed by atoms with Gasteiger partial charge in [-0.3, -0.25) is 0 Å². The summed E-state index contributed by atoms with van der Waals surface area (Å²) in [4.78, 5) is 12.0. The number of fused-ring (bicyclic) bond motifs is 1. The Morgan fingerprint density at radius 1 is 0.920 bits per heavy atom. The second kappa shape index (κ2) is 7.09. The summed E-state index contributed by atoms with van der Waals surface area (Å²) in [5, 5.41) is 11.7. The van der Waals surface area contributed by atoms with E-state index in [2.05, 4.69) is 0 Å². The molecule has 3 aromatic rings. The number of methoxy groups -OCH3 is 2. The van der Waals surface area contributed by atoms with Crippen LogP contribution in [0.2, 0.25) is 0 Å². The molecule has 0 aliphatic rings. The molecule has 25 heavy (non-hydrogen) atoms. The highest BCUT2D eigenvalue weighted by Crippen LogP contribution is 2.34. The molecule has 0 saturated heterocycles. The highest BCUT2D eigenvalue weighted by Gasteiger charge is 2.16. The van der Waals surface area contributed by atoms with E-state index in [4.69, 9.17) is 9.47 Å². The number of rotatable bonds is 5. The molecule has 0 aliphatic carbocycles. The summed E-state index contributed by atoms with van der Waals surface area (Å²) >= 11 is 0. The Morgan fingerprint density at radius 3 is 2.36 bits per heavy atom. The molecule has 1 N–H and O–H groups in total. The van der Waals surface area contributed by atoms with E-state index >= 15 is 0 Å². The van der Waals surface area contributed by atoms with Crippen LogP contribution in [0.4, 0.5) is 0 Å². The lowest BCUT2D eigenvalue weighted by molar-refractivity contribution is -0.130. The number of carboxylic acid groups (broad SMARTS) is 1. The molecule has 0 radical (unpaired) electrons. The van der Waals surface area contributed by atoms with E-state index < -0.39 is 5.97 Å². The minimum Gasteiger partial charge on any atom is -0.493 e. The third-order valence-electron chi connectivity index (χ3n) is 4.04. The van der Waals surface area contributed by atoms with Gasteiger partial charge in [-0.1, -0.05) is 54.6 Å². The molecule has 3 aromatic carbocycles. The first-order chi connectivity index (χ1) is 12.2. The lowest BCUT2D eigenvalue weighted by atomic mass is 9.96. The fraction of sp³-hybridized carbons (Fsp3) is 0.0952. The van der Waals surface area contributed by atoms with Gasteiger partial charge in [-0.2, -0.15) is 0 Å². The predicted octanol–water partition coefficient (Wildman–Crippen LogP) is 4.48. The molecule has 0 aromatic heterocycles. The lowest BCUT2D eigenvalue weighted by Gasteiger charge is -2.12. The van der Waals surface area contributed by atoms with Crippen molar-refractivity contribution in [3.8, 4) is 11.5 Å².